The van der Waals surface area contributed by atoms with E-state index in [1.165, 1.54) is 11.4 Å². The summed E-state index contributed by atoms with van der Waals surface area (Å²) in [6.07, 6.45) is 1.95. The molecule has 1 heterocycles. The third-order valence-corrected chi connectivity index (χ3v) is 3.76. The summed E-state index contributed by atoms with van der Waals surface area (Å²) in [5.41, 5.74) is 2.58. The van der Waals surface area contributed by atoms with Gasteiger partial charge in [0, 0.05) is 47.9 Å². The highest BCUT2D eigenvalue weighted by Gasteiger charge is 2.22. The summed E-state index contributed by atoms with van der Waals surface area (Å²) in [6.45, 7) is 18.0. The van der Waals surface area contributed by atoms with Crippen LogP contribution in [0.15, 0.2) is 9.98 Å². The average molecular weight is 381 g/mol. The molecule has 1 unspecified atom stereocenters. The fraction of sp³-hybridized carbons (Fsp3) is 0.882. The maximum absolute atomic E-state index is 9.75. The van der Waals surface area contributed by atoms with Gasteiger partial charge in [-0.3, -0.25) is 9.98 Å². The molecule has 0 aromatic carbocycles. The zero-order valence-corrected chi connectivity index (χ0v) is 17.1. The van der Waals surface area contributed by atoms with Gasteiger partial charge in [0.05, 0.1) is 13.1 Å². The zero-order valence-electron chi connectivity index (χ0n) is 17.1. The number of hydrogen-bond donors (Lipinski definition) is 2. The second-order valence-electron chi connectivity index (χ2n) is 8.28. The van der Waals surface area contributed by atoms with E-state index in [1.807, 2.05) is 0 Å². The second kappa shape index (κ2) is 10.4. The van der Waals surface area contributed by atoms with Crippen LogP contribution >= 0.6 is 0 Å². The van der Waals surface area contributed by atoms with Crippen molar-refractivity contribution in [2.75, 3.05) is 19.6 Å². The van der Waals surface area contributed by atoms with Gasteiger partial charge in [-0.05, 0) is 48.5 Å². The van der Waals surface area contributed by atoms with Crippen LogP contribution in [0.4, 0.5) is 17.3 Å². The lowest BCUT2D eigenvalue weighted by Crippen LogP contribution is -2.47. The largest absolute Gasteiger partial charge is 0.673 e. The van der Waals surface area contributed by atoms with Crippen molar-refractivity contribution >= 4 is 18.7 Å². The van der Waals surface area contributed by atoms with Crippen molar-refractivity contribution in [3.05, 3.63) is 0 Å². The van der Waals surface area contributed by atoms with Gasteiger partial charge >= 0.3 is 7.25 Å². The number of nitrogens with zero attached hydrogens (tertiary/aromatic N) is 2. The molecule has 1 aliphatic heterocycles. The van der Waals surface area contributed by atoms with Crippen LogP contribution in [0.2, 0.25) is 0 Å². The number of rotatable bonds is 0. The van der Waals surface area contributed by atoms with E-state index in [2.05, 4.69) is 59.1 Å². The summed E-state index contributed by atoms with van der Waals surface area (Å²) in [7, 11) is -6.00. The van der Waals surface area contributed by atoms with Gasteiger partial charge in [-0.2, -0.15) is 0 Å². The molecule has 0 radical (unpaired) electrons. The molecule has 1 rings (SSSR count). The summed E-state index contributed by atoms with van der Waals surface area (Å²) in [6, 6.07) is 0.377. The SMILES string of the molecule is CC1=NCC(C)NC(C)(C)CC(C)=NCCNC(C)(C)C1.F[B-](F)(F)F. The van der Waals surface area contributed by atoms with Crippen LogP contribution in [-0.4, -0.2) is 55.4 Å². The maximum atomic E-state index is 9.75. The van der Waals surface area contributed by atoms with Crippen molar-refractivity contribution in [3.63, 3.8) is 0 Å². The van der Waals surface area contributed by atoms with Crippen molar-refractivity contribution in [1.29, 1.82) is 0 Å². The molecule has 0 aromatic heterocycles. The van der Waals surface area contributed by atoms with Crippen LogP contribution in [0.5, 0.6) is 0 Å². The van der Waals surface area contributed by atoms with E-state index in [9.17, 15) is 17.3 Å². The van der Waals surface area contributed by atoms with E-state index in [1.54, 1.807) is 0 Å². The van der Waals surface area contributed by atoms with Crippen molar-refractivity contribution in [2.24, 2.45) is 9.98 Å². The first-order chi connectivity index (χ1) is 11.6. The quantitative estimate of drug-likeness (QED) is 0.490. The van der Waals surface area contributed by atoms with Gasteiger partial charge in [0.1, 0.15) is 0 Å². The average Bonchev–Trinajstić information content (AvgIpc) is 2.37. The standard InChI is InChI=1S/C17H34N4.BF4/c1-13-11-17(6,7)21-15(3)12-19-14(2)10-16(4,5)20-9-8-18-13;2-1(3,4)5/h15,20-21H,8-12H2,1-7H3;/q;-1. The van der Waals surface area contributed by atoms with Crippen molar-refractivity contribution < 1.29 is 17.3 Å². The Morgan fingerprint density at radius 3 is 1.92 bits per heavy atom. The Morgan fingerprint density at radius 2 is 1.38 bits per heavy atom. The van der Waals surface area contributed by atoms with Crippen LogP contribution in [0.1, 0.15) is 61.3 Å². The van der Waals surface area contributed by atoms with Crippen LogP contribution in [0.25, 0.3) is 0 Å². The molecular weight excluding hydrogens is 347 g/mol. The highest BCUT2D eigenvalue weighted by Crippen LogP contribution is 2.13. The van der Waals surface area contributed by atoms with Gasteiger partial charge in [0.2, 0.25) is 0 Å². The van der Waals surface area contributed by atoms with Crippen LogP contribution in [-0.2, 0) is 0 Å². The van der Waals surface area contributed by atoms with Gasteiger partial charge in [-0.1, -0.05) is 0 Å². The Morgan fingerprint density at radius 1 is 0.923 bits per heavy atom. The summed E-state index contributed by atoms with van der Waals surface area (Å²) in [5, 5.41) is 7.27. The monoisotopic (exact) mass is 381 g/mol. The van der Waals surface area contributed by atoms with Crippen molar-refractivity contribution in [2.45, 2.75) is 78.4 Å². The van der Waals surface area contributed by atoms with Crippen LogP contribution < -0.4 is 10.6 Å². The fourth-order valence-corrected chi connectivity index (χ4v) is 3.15. The second-order valence-corrected chi connectivity index (χ2v) is 8.28. The molecule has 0 aromatic rings. The lowest BCUT2D eigenvalue weighted by Gasteiger charge is -2.31. The van der Waals surface area contributed by atoms with Gasteiger partial charge < -0.3 is 27.9 Å². The highest BCUT2D eigenvalue weighted by molar-refractivity contribution is 6.50. The molecule has 0 aliphatic carbocycles. The van der Waals surface area contributed by atoms with Crippen molar-refractivity contribution in [1.82, 2.24) is 10.6 Å². The molecule has 9 heteroatoms. The first kappa shape index (κ1) is 25.0. The minimum Gasteiger partial charge on any atom is -0.418 e. The van der Waals surface area contributed by atoms with Crippen LogP contribution in [0, 0.1) is 0 Å². The fourth-order valence-electron chi connectivity index (χ4n) is 3.15. The third kappa shape index (κ3) is 15.3. The molecule has 0 saturated heterocycles. The number of hydrogen-bond acceptors (Lipinski definition) is 4. The third-order valence-electron chi connectivity index (χ3n) is 3.76. The van der Waals surface area contributed by atoms with E-state index in [0.717, 1.165) is 32.5 Å². The summed E-state index contributed by atoms with van der Waals surface area (Å²) in [5.74, 6) is 0. The molecule has 154 valence electrons. The van der Waals surface area contributed by atoms with Gasteiger partial charge in [0.15, 0.2) is 0 Å². The van der Waals surface area contributed by atoms with Crippen LogP contribution in [0.3, 0.4) is 0 Å². The molecule has 0 fully saturated rings. The van der Waals surface area contributed by atoms with E-state index in [-0.39, 0.29) is 11.1 Å². The van der Waals surface area contributed by atoms with E-state index >= 15 is 0 Å². The summed E-state index contributed by atoms with van der Waals surface area (Å²) in [4.78, 5) is 9.46. The molecule has 1 aliphatic rings. The maximum Gasteiger partial charge on any atom is 0.673 e. The Labute approximate surface area is 155 Å². The normalized spacial score (nSPS) is 25.1. The summed E-state index contributed by atoms with van der Waals surface area (Å²) >= 11 is 0. The minimum atomic E-state index is -6.00. The molecule has 4 nitrogen and oxygen atoms in total. The number of halogens is 4. The van der Waals surface area contributed by atoms with E-state index < -0.39 is 7.25 Å². The van der Waals surface area contributed by atoms with Crippen molar-refractivity contribution in [3.8, 4) is 0 Å². The first-order valence-electron chi connectivity index (χ1n) is 8.99. The van der Waals surface area contributed by atoms with Gasteiger partial charge in [-0.15, -0.1) is 0 Å². The lowest BCUT2D eigenvalue weighted by molar-refractivity contribution is 0.355. The van der Waals surface area contributed by atoms with E-state index in [0.29, 0.717) is 6.04 Å². The molecule has 1 atom stereocenters. The summed E-state index contributed by atoms with van der Waals surface area (Å²) < 4.78 is 39.0. The van der Waals surface area contributed by atoms with Gasteiger partial charge in [-0.25, -0.2) is 0 Å². The molecular formula is C17H34BF4N4-. The first-order valence-corrected chi connectivity index (χ1v) is 8.99. The Hall–Kier alpha value is -0.955. The smallest absolute Gasteiger partial charge is 0.418 e. The molecule has 0 spiro atoms. The Bertz CT molecular complexity index is 482. The molecule has 26 heavy (non-hydrogen) atoms. The molecule has 0 amide bonds. The molecule has 0 bridgehead atoms. The number of aliphatic imine (C=N–C) groups is 2. The Kier molecular flexibility index (Phi) is 10.0. The van der Waals surface area contributed by atoms with Gasteiger partial charge in [0.25, 0.3) is 0 Å². The molecule has 2 N–H and O–H groups in total. The minimum absolute atomic E-state index is 0.0627. The number of nitrogens with one attached hydrogen (secondary N) is 2. The topological polar surface area (TPSA) is 48.8 Å². The predicted octanol–water partition coefficient (Wildman–Crippen LogP) is 4.13. The molecule has 0 saturated carbocycles. The van der Waals surface area contributed by atoms with E-state index in [4.69, 9.17) is 9.98 Å². The predicted molar refractivity (Wildman–Crippen MR) is 104 cm³/mol. The lowest BCUT2D eigenvalue weighted by atomic mass is 9.96. The highest BCUT2D eigenvalue weighted by atomic mass is 19.5. The Balaban J connectivity index is 0.00000110. The zero-order chi connectivity index (χ0) is 20.6.